The molecule has 1 aromatic carbocycles. The second-order valence-electron chi connectivity index (χ2n) is 4.12. The highest BCUT2D eigenvalue weighted by Crippen LogP contribution is 2.36. The first kappa shape index (κ1) is 14.7. The molecule has 1 heterocycles. The average molecular weight is 300 g/mol. The molecule has 0 saturated carbocycles. The monoisotopic (exact) mass is 300 g/mol. The van der Waals surface area contributed by atoms with Crippen LogP contribution in [-0.4, -0.2) is 20.1 Å². The second-order valence-corrected chi connectivity index (χ2v) is 4.12. The van der Waals surface area contributed by atoms with Crippen LogP contribution in [0.5, 0.6) is 11.5 Å². The zero-order chi connectivity index (χ0) is 16.3. The van der Waals surface area contributed by atoms with Crippen molar-refractivity contribution in [2.45, 2.75) is 0 Å². The molecule has 9 nitrogen and oxygen atoms in total. The summed E-state index contributed by atoms with van der Waals surface area (Å²) >= 11 is 0. The van der Waals surface area contributed by atoms with Gasteiger partial charge in [0.25, 0.3) is 5.69 Å². The fourth-order valence-corrected chi connectivity index (χ4v) is 1.72. The number of phenolic OH excluding ortho intramolecular Hbond substituents is 2. The Morgan fingerprint density at radius 2 is 2.18 bits per heavy atom. The van der Waals surface area contributed by atoms with Crippen LogP contribution in [0.2, 0.25) is 0 Å². The average Bonchev–Trinajstić information content (AvgIpc) is 2.48. The van der Waals surface area contributed by atoms with Crippen LogP contribution in [0.15, 0.2) is 30.7 Å². The van der Waals surface area contributed by atoms with Crippen molar-refractivity contribution in [2.75, 3.05) is 0 Å². The number of nitro benzene ring substituents is 1. The van der Waals surface area contributed by atoms with Gasteiger partial charge < -0.3 is 15.4 Å². The summed E-state index contributed by atoms with van der Waals surface area (Å²) in [5.41, 5.74) is -0.810. The van der Waals surface area contributed by atoms with E-state index in [0.29, 0.717) is 4.73 Å². The lowest BCUT2D eigenvalue weighted by Crippen LogP contribution is -2.30. The lowest BCUT2D eigenvalue weighted by Gasteiger charge is -2.03. The maximum atomic E-state index is 11.6. The van der Waals surface area contributed by atoms with E-state index in [1.807, 2.05) is 0 Å². The fourth-order valence-electron chi connectivity index (χ4n) is 1.72. The first-order chi connectivity index (χ1) is 10.4. The van der Waals surface area contributed by atoms with Gasteiger partial charge in [-0.2, -0.15) is 9.99 Å². The van der Waals surface area contributed by atoms with Crippen molar-refractivity contribution in [2.24, 2.45) is 0 Å². The summed E-state index contributed by atoms with van der Waals surface area (Å²) in [6.45, 7) is 0. The van der Waals surface area contributed by atoms with E-state index in [2.05, 4.69) is 4.98 Å². The fraction of sp³-hybridized carbons (Fsp3) is 0. The van der Waals surface area contributed by atoms with Gasteiger partial charge >= 0.3 is 5.69 Å². The normalized spacial score (nSPS) is 11.0. The number of nitriles is 1. The first-order valence-corrected chi connectivity index (χ1v) is 5.79. The van der Waals surface area contributed by atoms with E-state index in [9.17, 15) is 25.5 Å². The number of nitro groups is 1. The van der Waals surface area contributed by atoms with Crippen molar-refractivity contribution < 1.29 is 19.9 Å². The molecule has 0 fully saturated rings. The third kappa shape index (κ3) is 2.75. The van der Waals surface area contributed by atoms with Crippen LogP contribution in [0.25, 0.3) is 11.6 Å². The summed E-state index contributed by atoms with van der Waals surface area (Å²) < 4.78 is 0.413. The highest BCUT2D eigenvalue weighted by Gasteiger charge is 2.19. The van der Waals surface area contributed by atoms with E-state index in [1.54, 1.807) is 6.07 Å². The minimum atomic E-state index is -0.879. The Balaban J connectivity index is 2.59. The van der Waals surface area contributed by atoms with Crippen LogP contribution >= 0.6 is 0 Å². The molecule has 0 aliphatic rings. The number of hydrogen-bond acceptors (Lipinski definition) is 7. The lowest BCUT2D eigenvalue weighted by atomic mass is 10.1. The predicted octanol–water partition coefficient (Wildman–Crippen LogP) is 1.10. The number of aromatic hydroxyl groups is 2. The van der Waals surface area contributed by atoms with Gasteiger partial charge in [-0.25, -0.2) is 0 Å². The van der Waals surface area contributed by atoms with Crippen molar-refractivity contribution in [3.05, 3.63) is 57.3 Å². The molecule has 0 saturated heterocycles. The van der Waals surface area contributed by atoms with E-state index in [4.69, 9.17) is 5.26 Å². The van der Waals surface area contributed by atoms with Crippen LogP contribution in [0.1, 0.15) is 11.3 Å². The quantitative estimate of drug-likeness (QED) is 0.215. The molecule has 2 rings (SSSR count). The third-order valence-electron chi connectivity index (χ3n) is 2.72. The third-order valence-corrected chi connectivity index (χ3v) is 2.72. The molecule has 0 amide bonds. The maximum absolute atomic E-state index is 11.6. The smallest absolute Gasteiger partial charge is 0.315 e. The molecule has 0 aliphatic carbocycles. The Labute approximate surface area is 123 Å². The molecule has 0 spiro atoms. The van der Waals surface area contributed by atoms with Crippen LogP contribution < -0.4 is 4.73 Å². The molecule has 0 radical (unpaired) electrons. The Hall–Kier alpha value is -3.67. The Kier molecular flexibility index (Phi) is 3.86. The van der Waals surface area contributed by atoms with Gasteiger partial charge in [0.1, 0.15) is 17.8 Å². The van der Waals surface area contributed by atoms with E-state index >= 15 is 0 Å². The summed E-state index contributed by atoms with van der Waals surface area (Å²) in [6.07, 6.45) is 4.66. The minimum absolute atomic E-state index is 0.0554. The summed E-state index contributed by atoms with van der Waals surface area (Å²) in [6, 6.07) is 3.78. The summed E-state index contributed by atoms with van der Waals surface area (Å²) in [7, 11) is 0. The first-order valence-electron chi connectivity index (χ1n) is 5.79. The number of rotatable bonds is 3. The van der Waals surface area contributed by atoms with Gasteiger partial charge in [0.05, 0.1) is 11.1 Å². The van der Waals surface area contributed by atoms with E-state index in [-0.39, 0.29) is 16.8 Å². The number of benzene rings is 1. The SMILES string of the molecule is N#C/C(=C\c1cc(O)c(O)c([N+](=O)[O-])c1)c1cncc[n+]1[O-]. The van der Waals surface area contributed by atoms with Crippen LogP contribution in [0.3, 0.4) is 0 Å². The van der Waals surface area contributed by atoms with Crippen LogP contribution in [0, 0.1) is 26.7 Å². The Morgan fingerprint density at radius 3 is 2.77 bits per heavy atom. The number of nitrogens with zero attached hydrogens (tertiary/aromatic N) is 4. The zero-order valence-electron chi connectivity index (χ0n) is 10.9. The van der Waals surface area contributed by atoms with Gasteiger partial charge in [-0.3, -0.25) is 15.1 Å². The van der Waals surface area contributed by atoms with Gasteiger partial charge in [0.2, 0.25) is 5.75 Å². The summed E-state index contributed by atoms with van der Waals surface area (Å²) in [4.78, 5) is 13.6. The molecule has 22 heavy (non-hydrogen) atoms. The van der Waals surface area contributed by atoms with Crippen molar-refractivity contribution in [1.82, 2.24) is 4.98 Å². The van der Waals surface area contributed by atoms with Gasteiger partial charge in [-0.1, -0.05) is 0 Å². The molecule has 110 valence electrons. The second kappa shape index (κ2) is 5.76. The predicted molar refractivity (Wildman–Crippen MR) is 73.1 cm³/mol. The number of aromatic nitrogens is 2. The zero-order valence-corrected chi connectivity index (χ0v) is 10.9. The largest absolute Gasteiger partial charge is 0.618 e. The molecule has 1 aromatic heterocycles. The molecule has 2 N–H and O–H groups in total. The van der Waals surface area contributed by atoms with Crippen molar-refractivity contribution in [1.29, 1.82) is 5.26 Å². The minimum Gasteiger partial charge on any atom is -0.618 e. The van der Waals surface area contributed by atoms with Gasteiger partial charge in [0, 0.05) is 6.07 Å². The number of phenols is 2. The molecule has 0 bridgehead atoms. The lowest BCUT2D eigenvalue weighted by molar-refractivity contribution is -0.608. The highest BCUT2D eigenvalue weighted by molar-refractivity contribution is 5.88. The number of hydrogen-bond donors (Lipinski definition) is 2. The standard InChI is InChI=1S/C13H8N4O5/c14-6-9(11-7-15-1-2-16(11)20)3-8-4-10(17(21)22)13(19)12(18)5-8/h1-5,7,18-19H/b9-3+. The molecular weight excluding hydrogens is 292 g/mol. The summed E-state index contributed by atoms with van der Waals surface area (Å²) in [5.74, 6) is -1.58. The van der Waals surface area contributed by atoms with Crippen molar-refractivity contribution in [3.8, 4) is 17.6 Å². The number of allylic oxidation sites excluding steroid dienone is 1. The molecule has 0 atom stereocenters. The van der Waals surface area contributed by atoms with E-state index in [0.717, 1.165) is 30.6 Å². The van der Waals surface area contributed by atoms with Gasteiger partial charge in [-0.15, -0.1) is 0 Å². The molecule has 2 aromatic rings. The molecule has 0 unspecified atom stereocenters. The van der Waals surface area contributed by atoms with Gasteiger partial charge in [-0.05, 0) is 17.7 Å². The molecule has 9 heteroatoms. The van der Waals surface area contributed by atoms with E-state index < -0.39 is 22.1 Å². The molecule has 0 aliphatic heterocycles. The topological polar surface area (TPSA) is 147 Å². The van der Waals surface area contributed by atoms with Crippen LogP contribution in [-0.2, 0) is 0 Å². The maximum Gasteiger partial charge on any atom is 0.315 e. The Bertz CT molecular complexity index is 826. The molecular formula is C13H8N4O5. The van der Waals surface area contributed by atoms with Crippen LogP contribution in [0.4, 0.5) is 5.69 Å². The van der Waals surface area contributed by atoms with Crippen molar-refractivity contribution in [3.63, 3.8) is 0 Å². The van der Waals surface area contributed by atoms with E-state index in [1.165, 1.54) is 6.20 Å². The highest BCUT2D eigenvalue weighted by atomic mass is 16.6. The van der Waals surface area contributed by atoms with Crippen molar-refractivity contribution >= 4 is 17.3 Å². The summed E-state index contributed by atoms with van der Waals surface area (Å²) in [5, 5.41) is 50.4. The Morgan fingerprint density at radius 1 is 1.45 bits per heavy atom. The van der Waals surface area contributed by atoms with Gasteiger partial charge in [0.15, 0.2) is 11.9 Å².